The standard InChI is InChI=1S/C29H29N5O8.C25H44BrN4O10P.C24H41BrNO10P.C2H6/c1-2-29(42-25(36)9-5-8-24(35)40-13-12-39-11-10-31-33-30)21-15-23-26-19(14-18-6-3-4-7-22(18)32-26)16-34(23)27(37)20(21)17-41-28(29)38;1-10-36-20(31)23(2,3)17-24(4,18-25(5,26)22(33)38-16-19-15-29(6)28-27-19)21(32)37-13-14-40-41(34,35)39-12-11-30(7,8)9;1-10-13-33-21(29)24(6,25)18-23(5,17-22(3,4)19(27)32-11-2)20(28)34-15-16-36-37(30,31)35-14-12-26(7,8)9;1-2/h3-4,6-7,14-15H,2,5,8-13,16-17H2,1H3;15H,10-14,16-18H2,1-9H3;1H,11-18H2,2-9H3;1-2H3/t29-;;;/m0.../s1. The first-order chi connectivity index (χ1) is 56.7. The first-order valence-corrected chi connectivity index (χ1v) is 44.0. The van der Waals surface area contributed by atoms with Crippen LogP contribution in [-0.2, 0) is 150 Å². The van der Waals surface area contributed by atoms with Crippen molar-refractivity contribution in [2.24, 2.45) is 33.8 Å². The van der Waals surface area contributed by atoms with E-state index >= 15 is 0 Å². The Morgan fingerprint density at radius 2 is 1.16 bits per heavy atom. The Labute approximate surface area is 729 Å². The number of rotatable bonds is 47. The predicted octanol–water partition coefficient (Wildman–Crippen LogP) is 9.28. The molecule has 2 aliphatic rings. The number of phosphoric ester groups is 2. The maximum atomic E-state index is 13.6. The van der Waals surface area contributed by atoms with Gasteiger partial charge < -0.3 is 88.8 Å². The van der Waals surface area contributed by atoms with Crippen LogP contribution in [0.15, 0.2) is 52.5 Å². The maximum Gasteiger partial charge on any atom is 0.355 e. The molecule has 6 rings (SSSR count). The zero-order chi connectivity index (χ0) is 92.5. The number of nitrogens with zero attached hydrogens (tertiary/aromatic N) is 10. The number of carbonyl (C=O) groups is 9. The van der Waals surface area contributed by atoms with Crippen LogP contribution in [0.5, 0.6) is 0 Å². The van der Waals surface area contributed by atoms with E-state index in [0.29, 0.717) is 51.2 Å². The molecule has 0 spiro atoms. The van der Waals surface area contributed by atoms with E-state index < -0.39 is 132 Å². The highest BCUT2D eigenvalue weighted by atomic mass is 79.9. The zero-order valence-electron chi connectivity index (χ0n) is 73.6. The van der Waals surface area contributed by atoms with Gasteiger partial charge in [0.05, 0.1) is 139 Å². The molecule has 42 heteroatoms. The minimum atomic E-state index is -4.60. The van der Waals surface area contributed by atoms with Crippen LogP contribution in [0.4, 0.5) is 0 Å². The molecule has 7 atom stereocenters. The second kappa shape index (κ2) is 48.4. The number of likely N-dealkylation sites (N-methyl/N-ethyl adjacent to an activating group) is 2. The molecular weight excluding hydrogens is 1770 g/mol. The van der Waals surface area contributed by atoms with Crippen molar-refractivity contribution in [3.63, 3.8) is 0 Å². The van der Waals surface area contributed by atoms with E-state index in [9.17, 15) is 66.9 Å². The van der Waals surface area contributed by atoms with E-state index in [0.717, 1.165) is 16.5 Å². The summed E-state index contributed by atoms with van der Waals surface area (Å²) in [5.74, 6) is -3.72. The molecule has 122 heavy (non-hydrogen) atoms. The number of aromatic nitrogens is 5. The fourth-order valence-electron chi connectivity index (χ4n) is 12.9. The Morgan fingerprint density at radius 1 is 0.664 bits per heavy atom. The number of halogens is 2. The van der Waals surface area contributed by atoms with Crippen molar-refractivity contribution in [1.29, 1.82) is 0 Å². The van der Waals surface area contributed by atoms with E-state index in [2.05, 4.69) is 58.1 Å². The first-order valence-electron chi connectivity index (χ1n) is 39.5. The number of para-hydroxylation sites is 1. The second-order valence-corrected chi connectivity index (χ2v) is 38.9. The smallest absolute Gasteiger partial charge is 0.355 e. The number of quaternary nitrogens is 2. The molecule has 0 aliphatic carbocycles. The lowest BCUT2D eigenvalue weighted by atomic mass is 9.69. The van der Waals surface area contributed by atoms with Gasteiger partial charge in [-0.1, -0.05) is 87.1 Å². The number of terminal acetylenes is 1. The van der Waals surface area contributed by atoms with Crippen molar-refractivity contribution in [2.75, 3.05) is 141 Å². The Hall–Kier alpha value is -8.12. The zero-order valence-corrected chi connectivity index (χ0v) is 78.5. The molecule has 0 amide bonds. The summed E-state index contributed by atoms with van der Waals surface area (Å²) in [5.41, 5.74) is 4.88. The van der Waals surface area contributed by atoms with E-state index in [1.807, 2.05) is 86.5 Å². The predicted molar refractivity (Wildman–Crippen MR) is 447 cm³/mol. The molecule has 2 aliphatic heterocycles. The van der Waals surface area contributed by atoms with Gasteiger partial charge in [0.15, 0.2) is 6.61 Å². The van der Waals surface area contributed by atoms with E-state index in [-0.39, 0.29) is 135 Å². The number of hydrogen-bond acceptors (Lipinski definition) is 32. The van der Waals surface area contributed by atoms with Crippen LogP contribution in [0.25, 0.3) is 32.7 Å². The minimum Gasteiger partial charge on any atom is -0.756 e. The largest absolute Gasteiger partial charge is 0.756 e. The third kappa shape index (κ3) is 34.8. The number of fused-ring (bicyclic) bond motifs is 5. The van der Waals surface area contributed by atoms with Crippen LogP contribution in [-0.4, -0.2) is 237 Å². The van der Waals surface area contributed by atoms with E-state index in [4.69, 9.17) is 82.4 Å². The molecule has 0 fully saturated rings. The number of azide groups is 1. The molecule has 6 unspecified atom stereocenters. The van der Waals surface area contributed by atoms with Crippen LogP contribution in [0.1, 0.15) is 164 Å². The van der Waals surface area contributed by atoms with Gasteiger partial charge in [0, 0.05) is 47.9 Å². The fourth-order valence-corrected chi connectivity index (χ4v) is 15.7. The van der Waals surface area contributed by atoms with E-state index in [1.54, 1.807) is 86.2 Å². The van der Waals surface area contributed by atoms with Gasteiger partial charge >= 0.3 is 53.7 Å². The van der Waals surface area contributed by atoms with Gasteiger partial charge in [-0.3, -0.25) is 57.0 Å². The van der Waals surface area contributed by atoms with Crippen molar-refractivity contribution in [3.05, 3.63) is 85.8 Å². The lowest BCUT2D eigenvalue weighted by Crippen LogP contribution is -2.47. The summed E-state index contributed by atoms with van der Waals surface area (Å²) in [4.78, 5) is 160. The van der Waals surface area contributed by atoms with Crippen LogP contribution in [0, 0.1) is 34.0 Å². The highest BCUT2D eigenvalue weighted by Gasteiger charge is 2.53. The number of alkyl halides is 2. The van der Waals surface area contributed by atoms with Gasteiger partial charge in [-0.25, -0.2) is 9.78 Å². The highest BCUT2D eigenvalue weighted by Crippen LogP contribution is 2.48. The summed E-state index contributed by atoms with van der Waals surface area (Å²) >= 11 is 6.71. The Bertz CT molecular complexity index is 4490. The number of aryl methyl sites for hydroxylation is 1. The molecule has 0 saturated heterocycles. The third-order valence-corrected chi connectivity index (χ3v) is 21.6. The van der Waals surface area contributed by atoms with Crippen LogP contribution >= 0.6 is 47.5 Å². The first kappa shape index (κ1) is 108. The van der Waals surface area contributed by atoms with Gasteiger partial charge in [-0.05, 0) is 131 Å². The molecule has 682 valence electrons. The number of phosphoric acid groups is 2. The lowest BCUT2D eigenvalue weighted by Gasteiger charge is -2.37. The maximum absolute atomic E-state index is 13.6. The topological polar surface area (TPSA) is 477 Å². The average molecular weight is 1890 g/mol. The van der Waals surface area contributed by atoms with Crippen molar-refractivity contribution < 1.29 is 136 Å². The van der Waals surface area contributed by atoms with Crippen molar-refractivity contribution in [2.45, 2.75) is 175 Å². The highest BCUT2D eigenvalue weighted by molar-refractivity contribution is 9.10. The average Bonchev–Trinajstić information content (AvgIpc) is 1.49. The van der Waals surface area contributed by atoms with Crippen LogP contribution in [0.3, 0.4) is 0 Å². The van der Waals surface area contributed by atoms with Gasteiger partial charge in [-0.15, -0.1) is 11.5 Å². The van der Waals surface area contributed by atoms with Gasteiger partial charge in [0.25, 0.3) is 21.2 Å². The third-order valence-electron chi connectivity index (χ3n) is 18.4. The molecular formula is C80H120Br2N10O28P2. The lowest BCUT2D eigenvalue weighted by molar-refractivity contribution is -0.870. The number of carbonyl (C=O) groups excluding carboxylic acids is 9. The van der Waals surface area contributed by atoms with Crippen molar-refractivity contribution in [1.82, 2.24) is 24.5 Å². The minimum absolute atomic E-state index is 0.0226. The van der Waals surface area contributed by atoms with Crippen molar-refractivity contribution >= 4 is 112 Å². The Kier molecular flexibility index (Phi) is 42.9. The molecule has 1 aromatic carbocycles. The second-order valence-electron chi connectivity index (χ2n) is 32.6. The normalized spacial score (nSPS) is 16.5. The van der Waals surface area contributed by atoms with Gasteiger partial charge in [0.1, 0.15) is 73.7 Å². The number of pyridine rings is 2. The van der Waals surface area contributed by atoms with Crippen LogP contribution in [0.2, 0.25) is 0 Å². The van der Waals surface area contributed by atoms with Gasteiger partial charge in [0.2, 0.25) is 5.60 Å². The molecule has 4 aromatic rings. The molecule has 0 N–H and O–H groups in total. The molecule has 38 nitrogen and oxygen atoms in total. The summed E-state index contributed by atoms with van der Waals surface area (Å²) in [7, 11) is 3.78. The SMILES string of the molecule is C#CCOC(=O)C(C)(Br)CC(C)(CC(C)(C)C(=O)OCC)C(=O)OCCOP(=O)([O-])OCC[N+](C)(C)C.CC.CCOC(=O)C(C)(C)CC(C)(CC(C)(Br)C(=O)OCc1cn(C)nn1)C(=O)OCCOP(=O)([O-])OCC[N+](C)(C)C.CC[C@@]1(OC(=O)CCCC(=O)OCCOCCN=[N+]=[N-])C(=O)OCc2c1cc1n(c2=O)Cc2cc3ccccc3nc2-1. The monoisotopic (exact) mass is 1890 g/mol. The summed E-state index contributed by atoms with van der Waals surface area (Å²) in [6.07, 6.45) is 6.39. The summed E-state index contributed by atoms with van der Waals surface area (Å²) < 4.78 is 97.4. The number of ether oxygens (including phenoxy) is 10. The van der Waals surface area contributed by atoms with E-state index in [1.165, 1.54) is 18.5 Å². The number of esters is 9. The molecule has 0 radical (unpaired) electrons. The summed E-state index contributed by atoms with van der Waals surface area (Å²) in [5, 5.41) is 11.9. The molecule has 3 aromatic heterocycles. The molecule has 5 heterocycles. The van der Waals surface area contributed by atoms with Crippen molar-refractivity contribution in [3.8, 4) is 23.7 Å². The summed E-state index contributed by atoms with van der Waals surface area (Å²) in [6, 6.07) is 11.4. The molecule has 0 bridgehead atoms. The number of hydrogen-bond donors (Lipinski definition) is 0. The Morgan fingerprint density at radius 3 is 1.65 bits per heavy atom. The van der Waals surface area contributed by atoms with Gasteiger partial charge in [-0.2, -0.15) is 0 Å². The fraction of sp³-hybridized carbons (Fsp3) is 0.662. The number of benzene rings is 1. The number of cyclic esters (lactones) is 1. The van der Waals surface area contributed by atoms with Crippen LogP contribution < -0.4 is 15.3 Å². The molecule has 0 saturated carbocycles. The Balaban J connectivity index is 0.000000469. The quantitative estimate of drug-likeness (QED) is 0.00334. The summed E-state index contributed by atoms with van der Waals surface area (Å²) in [6.45, 7) is 21.2.